The van der Waals surface area contributed by atoms with E-state index in [1.807, 2.05) is 6.92 Å². The molecule has 0 amide bonds. The van der Waals surface area contributed by atoms with Crippen molar-refractivity contribution >= 4 is 0 Å². The quantitative estimate of drug-likeness (QED) is 0.661. The highest BCUT2D eigenvalue weighted by atomic mass is 16.5. The second-order valence-corrected chi connectivity index (χ2v) is 3.51. The number of rotatable bonds is 3. The van der Waals surface area contributed by atoms with Gasteiger partial charge in [-0.05, 0) is 26.2 Å². The van der Waals surface area contributed by atoms with E-state index in [-0.39, 0.29) is 18.3 Å². The van der Waals surface area contributed by atoms with E-state index >= 15 is 0 Å². The fraction of sp³-hybridized carbons (Fsp3) is 1.00. The van der Waals surface area contributed by atoms with Gasteiger partial charge in [0.25, 0.3) is 0 Å². The second kappa shape index (κ2) is 4.21. The maximum Gasteiger partial charge on any atom is 0.0839 e. The normalized spacial score (nSPS) is 35.0. The third-order valence-electron chi connectivity index (χ3n) is 2.47. The van der Waals surface area contributed by atoms with Gasteiger partial charge in [0.2, 0.25) is 0 Å². The lowest BCUT2D eigenvalue weighted by Crippen LogP contribution is -2.29. The minimum atomic E-state index is -0.418. The van der Waals surface area contributed by atoms with Gasteiger partial charge in [-0.25, -0.2) is 0 Å². The van der Waals surface area contributed by atoms with Gasteiger partial charge in [-0.3, -0.25) is 0 Å². The molecule has 4 unspecified atom stereocenters. The number of aliphatic hydroxyl groups is 2. The first kappa shape index (κ1) is 9.96. The molecule has 3 heteroatoms. The summed E-state index contributed by atoms with van der Waals surface area (Å²) in [6.07, 6.45) is 1.53. The van der Waals surface area contributed by atoms with Crippen molar-refractivity contribution in [1.82, 2.24) is 0 Å². The van der Waals surface area contributed by atoms with Crippen LogP contribution in [0.2, 0.25) is 0 Å². The van der Waals surface area contributed by atoms with Crippen molar-refractivity contribution in [2.75, 3.05) is 0 Å². The van der Waals surface area contributed by atoms with Crippen molar-refractivity contribution in [3.05, 3.63) is 0 Å². The Labute approximate surface area is 73.4 Å². The molecule has 1 aliphatic rings. The monoisotopic (exact) mass is 174 g/mol. The molecule has 0 aromatic heterocycles. The van der Waals surface area contributed by atoms with Crippen LogP contribution in [0.4, 0.5) is 0 Å². The van der Waals surface area contributed by atoms with Crippen LogP contribution in [0.5, 0.6) is 0 Å². The Morgan fingerprint density at radius 2 is 1.92 bits per heavy atom. The molecule has 1 rings (SSSR count). The summed E-state index contributed by atoms with van der Waals surface area (Å²) < 4.78 is 5.48. The average Bonchev–Trinajstić information content (AvgIpc) is 2.51. The lowest BCUT2D eigenvalue weighted by molar-refractivity contribution is -0.0705. The Bertz CT molecular complexity index is 136. The van der Waals surface area contributed by atoms with E-state index in [2.05, 4.69) is 0 Å². The summed E-state index contributed by atoms with van der Waals surface area (Å²) >= 11 is 0. The van der Waals surface area contributed by atoms with Crippen molar-refractivity contribution in [3.63, 3.8) is 0 Å². The maximum atomic E-state index is 9.45. The van der Waals surface area contributed by atoms with Crippen molar-refractivity contribution in [3.8, 4) is 0 Å². The van der Waals surface area contributed by atoms with Crippen LogP contribution in [0.1, 0.15) is 33.1 Å². The highest BCUT2D eigenvalue weighted by Crippen LogP contribution is 2.25. The van der Waals surface area contributed by atoms with Gasteiger partial charge in [-0.15, -0.1) is 0 Å². The van der Waals surface area contributed by atoms with Gasteiger partial charge in [0.05, 0.1) is 24.4 Å². The molecular weight excluding hydrogens is 156 g/mol. The zero-order chi connectivity index (χ0) is 9.14. The fourth-order valence-corrected chi connectivity index (χ4v) is 1.59. The van der Waals surface area contributed by atoms with Gasteiger partial charge >= 0.3 is 0 Å². The second-order valence-electron chi connectivity index (χ2n) is 3.51. The van der Waals surface area contributed by atoms with Gasteiger partial charge in [0, 0.05) is 0 Å². The number of aliphatic hydroxyl groups excluding tert-OH is 2. The Kier molecular flexibility index (Phi) is 3.50. The molecule has 0 spiro atoms. The Balaban J connectivity index is 2.35. The highest BCUT2D eigenvalue weighted by molar-refractivity contribution is 4.80. The first-order chi connectivity index (χ1) is 5.65. The van der Waals surface area contributed by atoms with E-state index in [0.717, 1.165) is 19.3 Å². The Hall–Kier alpha value is -0.120. The largest absolute Gasteiger partial charge is 0.391 e. The highest BCUT2D eigenvalue weighted by Gasteiger charge is 2.31. The summed E-state index contributed by atoms with van der Waals surface area (Å²) in [5, 5.41) is 18.7. The molecule has 2 N–H and O–H groups in total. The topological polar surface area (TPSA) is 49.7 Å². The minimum absolute atomic E-state index is 0.0606. The molecule has 1 aliphatic heterocycles. The van der Waals surface area contributed by atoms with Gasteiger partial charge < -0.3 is 14.9 Å². The van der Waals surface area contributed by atoms with Gasteiger partial charge in [-0.1, -0.05) is 6.92 Å². The van der Waals surface area contributed by atoms with Crippen LogP contribution in [-0.2, 0) is 4.74 Å². The average molecular weight is 174 g/mol. The molecule has 4 atom stereocenters. The Morgan fingerprint density at radius 3 is 2.33 bits per heavy atom. The first-order valence-corrected chi connectivity index (χ1v) is 4.66. The van der Waals surface area contributed by atoms with Crippen LogP contribution in [0.3, 0.4) is 0 Å². The molecule has 0 radical (unpaired) electrons. The van der Waals surface area contributed by atoms with Crippen LogP contribution in [0.15, 0.2) is 0 Å². The lowest BCUT2D eigenvalue weighted by Gasteiger charge is -2.19. The fourth-order valence-electron chi connectivity index (χ4n) is 1.59. The predicted molar refractivity (Wildman–Crippen MR) is 45.9 cm³/mol. The summed E-state index contributed by atoms with van der Waals surface area (Å²) in [6.45, 7) is 3.66. The van der Waals surface area contributed by atoms with E-state index in [1.165, 1.54) is 0 Å². The molecule has 0 aliphatic carbocycles. The zero-order valence-corrected chi connectivity index (χ0v) is 7.73. The van der Waals surface area contributed by atoms with Crippen LogP contribution < -0.4 is 0 Å². The number of ether oxygens (including phenoxy) is 1. The summed E-state index contributed by atoms with van der Waals surface area (Å²) in [6, 6.07) is 0. The number of hydrogen-bond acceptors (Lipinski definition) is 3. The third kappa shape index (κ3) is 2.19. The molecule has 72 valence electrons. The van der Waals surface area contributed by atoms with Crippen LogP contribution in [0.25, 0.3) is 0 Å². The van der Waals surface area contributed by atoms with Crippen LogP contribution >= 0.6 is 0 Å². The van der Waals surface area contributed by atoms with Gasteiger partial charge in [0.1, 0.15) is 0 Å². The van der Waals surface area contributed by atoms with E-state index in [1.54, 1.807) is 6.92 Å². The zero-order valence-electron chi connectivity index (χ0n) is 7.73. The summed E-state index contributed by atoms with van der Waals surface area (Å²) in [5.74, 6) is 0. The first-order valence-electron chi connectivity index (χ1n) is 4.66. The van der Waals surface area contributed by atoms with Crippen LogP contribution in [0, 0.1) is 0 Å². The summed E-state index contributed by atoms with van der Waals surface area (Å²) in [5.41, 5.74) is 0. The van der Waals surface area contributed by atoms with Crippen LogP contribution in [-0.4, -0.2) is 34.6 Å². The van der Waals surface area contributed by atoms with Crippen molar-refractivity contribution in [2.24, 2.45) is 0 Å². The molecule has 0 aromatic rings. The van der Waals surface area contributed by atoms with Crippen molar-refractivity contribution < 1.29 is 14.9 Å². The molecule has 0 bridgehead atoms. The molecule has 1 heterocycles. The van der Waals surface area contributed by atoms with E-state index in [0.29, 0.717) is 0 Å². The smallest absolute Gasteiger partial charge is 0.0839 e. The molecular formula is C9H18O3. The molecule has 3 nitrogen and oxygen atoms in total. The molecule has 0 aromatic carbocycles. The predicted octanol–water partition coefficient (Wildman–Crippen LogP) is 0.686. The minimum Gasteiger partial charge on any atom is -0.391 e. The molecule has 0 saturated carbocycles. The molecule has 1 saturated heterocycles. The van der Waals surface area contributed by atoms with Crippen molar-refractivity contribution in [2.45, 2.75) is 57.5 Å². The van der Waals surface area contributed by atoms with E-state index in [4.69, 9.17) is 4.74 Å². The Morgan fingerprint density at radius 1 is 1.33 bits per heavy atom. The summed E-state index contributed by atoms with van der Waals surface area (Å²) in [4.78, 5) is 0. The standard InChI is InChI=1S/C9H18O3/c1-3-7(11)9-5-4-8(12-9)6(2)10/h6-11H,3-5H2,1-2H3. The van der Waals surface area contributed by atoms with Gasteiger partial charge in [-0.2, -0.15) is 0 Å². The maximum absolute atomic E-state index is 9.45. The summed E-state index contributed by atoms with van der Waals surface area (Å²) in [7, 11) is 0. The molecule has 12 heavy (non-hydrogen) atoms. The van der Waals surface area contributed by atoms with Gasteiger partial charge in [0.15, 0.2) is 0 Å². The van der Waals surface area contributed by atoms with Crippen molar-refractivity contribution in [1.29, 1.82) is 0 Å². The van der Waals surface area contributed by atoms with E-state index in [9.17, 15) is 10.2 Å². The number of hydrogen-bond donors (Lipinski definition) is 2. The third-order valence-corrected chi connectivity index (χ3v) is 2.47. The molecule has 1 fully saturated rings. The lowest BCUT2D eigenvalue weighted by atomic mass is 10.1. The SMILES string of the molecule is CCC(O)C1CCC(C(C)O)O1. The van der Waals surface area contributed by atoms with E-state index < -0.39 is 6.10 Å².